The summed E-state index contributed by atoms with van der Waals surface area (Å²) in [4.78, 5) is 16.8. The number of ether oxygens (including phenoxy) is 1. The molecule has 4 nitrogen and oxygen atoms in total. The number of fused-ring (bicyclic) bond motifs is 1. The van der Waals surface area contributed by atoms with Crippen LogP contribution in [-0.2, 0) is 4.79 Å². The number of pyridine rings is 1. The minimum atomic E-state index is -0.178. The van der Waals surface area contributed by atoms with E-state index in [0.717, 1.165) is 32.2 Å². The van der Waals surface area contributed by atoms with Crippen molar-refractivity contribution in [1.82, 2.24) is 4.98 Å². The molecule has 1 amide bonds. The number of rotatable bonds is 5. The lowest BCUT2D eigenvalue weighted by atomic mass is 9.98. The van der Waals surface area contributed by atoms with Crippen molar-refractivity contribution in [2.45, 2.75) is 26.7 Å². The van der Waals surface area contributed by atoms with Crippen molar-refractivity contribution in [2.75, 3.05) is 11.9 Å². The Hall–Kier alpha value is -2.40. The number of carbonyl (C=O) groups excluding carboxylic acids is 1. The van der Waals surface area contributed by atoms with E-state index in [0.29, 0.717) is 11.7 Å². The number of halogens is 1. The second-order valence-corrected chi connectivity index (χ2v) is 7.42. The molecule has 134 valence electrons. The van der Waals surface area contributed by atoms with Gasteiger partial charge in [-0.2, -0.15) is 0 Å². The van der Waals surface area contributed by atoms with Crippen LogP contribution < -0.4 is 10.1 Å². The van der Waals surface area contributed by atoms with Gasteiger partial charge >= 0.3 is 0 Å². The highest BCUT2D eigenvalue weighted by atomic mass is 79.9. The molecule has 1 aromatic heterocycles. The van der Waals surface area contributed by atoms with Crippen molar-refractivity contribution in [3.8, 4) is 5.75 Å². The van der Waals surface area contributed by atoms with Gasteiger partial charge in [0.1, 0.15) is 5.75 Å². The first-order chi connectivity index (χ1) is 12.5. The van der Waals surface area contributed by atoms with Crippen molar-refractivity contribution in [2.24, 2.45) is 0 Å². The number of nitrogens with one attached hydrogen (secondary N) is 1. The third-order valence-corrected chi connectivity index (χ3v) is 4.71. The van der Waals surface area contributed by atoms with Crippen molar-refractivity contribution < 1.29 is 9.53 Å². The molecule has 0 aliphatic rings. The fraction of sp³-hybridized carbons (Fsp3) is 0.238. The van der Waals surface area contributed by atoms with E-state index in [2.05, 4.69) is 40.1 Å². The van der Waals surface area contributed by atoms with Gasteiger partial charge in [-0.05, 0) is 48.2 Å². The van der Waals surface area contributed by atoms with Crippen LogP contribution in [0.3, 0.4) is 0 Å². The summed E-state index contributed by atoms with van der Waals surface area (Å²) in [6.07, 6.45) is 1.68. The molecule has 1 heterocycles. The average Bonchev–Trinajstić information content (AvgIpc) is 2.61. The first-order valence-corrected chi connectivity index (χ1v) is 9.31. The van der Waals surface area contributed by atoms with E-state index in [1.165, 1.54) is 0 Å². The molecule has 26 heavy (non-hydrogen) atoms. The summed E-state index contributed by atoms with van der Waals surface area (Å²) in [6.45, 7) is 6.17. The van der Waals surface area contributed by atoms with E-state index in [4.69, 9.17) is 4.74 Å². The van der Waals surface area contributed by atoms with E-state index < -0.39 is 0 Å². The Balaban J connectivity index is 1.75. The molecule has 2 aromatic carbocycles. The third kappa shape index (κ3) is 4.05. The minimum absolute atomic E-state index is 0.0545. The predicted molar refractivity (Wildman–Crippen MR) is 109 cm³/mol. The van der Waals surface area contributed by atoms with E-state index in [1.807, 2.05) is 43.3 Å². The number of nitrogens with zero attached hydrogens (tertiary/aromatic N) is 1. The number of amides is 1. The fourth-order valence-electron chi connectivity index (χ4n) is 2.88. The lowest BCUT2D eigenvalue weighted by molar-refractivity contribution is -0.118. The summed E-state index contributed by atoms with van der Waals surface area (Å²) < 4.78 is 6.72. The molecule has 0 unspecified atom stereocenters. The van der Waals surface area contributed by atoms with Gasteiger partial charge in [0, 0.05) is 21.7 Å². The van der Waals surface area contributed by atoms with Crippen LogP contribution in [-0.4, -0.2) is 17.5 Å². The van der Waals surface area contributed by atoms with E-state index >= 15 is 0 Å². The van der Waals surface area contributed by atoms with Crippen LogP contribution in [0.4, 0.5) is 5.69 Å². The number of benzene rings is 2. The molecule has 0 saturated heterocycles. The fourth-order valence-corrected chi connectivity index (χ4v) is 3.23. The molecule has 0 radical (unpaired) electrons. The number of carbonyl (C=O) groups is 1. The molecule has 0 spiro atoms. The summed E-state index contributed by atoms with van der Waals surface area (Å²) in [6, 6.07) is 13.6. The number of para-hydroxylation sites is 1. The lowest BCUT2D eigenvalue weighted by Gasteiger charge is -2.16. The monoisotopic (exact) mass is 412 g/mol. The molecule has 3 aromatic rings. The average molecular weight is 413 g/mol. The minimum Gasteiger partial charge on any atom is -0.483 e. The van der Waals surface area contributed by atoms with Gasteiger partial charge in [-0.25, -0.2) is 0 Å². The summed E-state index contributed by atoms with van der Waals surface area (Å²) in [5.41, 5.74) is 3.86. The van der Waals surface area contributed by atoms with Crippen molar-refractivity contribution >= 4 is 38.4 Å². The van der Waals surface area contributed by atoms with Crippen LogP contribution in [0.2, 0.25) is 0 Å². The molecular weight excluding hydrogens is 392 g/mol. The second-order valence-electron chi connectivity index (χ2n) is 6.50. The van der Waals surface area contributed by atoms with Crippen molar-refractivity contribution in [3.05, 3.63) is 64.3 Å². The summed E-state index contributed by atoms with van der Waals surface area (Å²) in [7, 11) is 0. The van der Waals surface area contributed by atoms with Crippen molar-refractivity contribution in [3.63, 3.8) is 0 Å². The Labute approximate surface area is 161 Å². The Morgan fingerprint density at radius 2 is 2.04 bits per heavy atom. The summed E-state index contributed by atoms with van der Waals surface area (Å²) in [5, 5.41) is 3.88. The van der Waals surface area contributed by atoms with Gasteiger partial charge in [0.2, 0.25) is 0 Å². The lowest BCUT2D eigenvalue weighted by Crippen LogP contribution is -2.21. The molecule has 0 aliphatic heterocycles. The van der Waals surface area contributed by atoms with Gasteiger partial charge < -0.3 is 10.1 Å². The van der Waals surface area contributed by atoms with Crippen LogP contribution in [0.15, 0.2) is 53.1 Å². The number of hydrogen-bond acceptors (Lipinski definition) is 3. The normalized spacial score (nSPS) is 11.0. The Bertz CT molecular complexity index is 954. The highest BCUT2D eigenvalue weighted by molar-refractivity contribution is 9.10. The number of hydrogen-bond donors (Lipinski definition) is 1. The molecular formula is C21H21BrN2O2. The van der Waals surface area contributed by atoms with Crippen LogP contribution in [0.1, 0.15) is 30.9 Å². The van der Waals surface area contributed by atoms with Crippen molar-refractivity contribution in [1.29, 1.82) is 0 Å². The third-order valence-electron chi connectivity index (χ3n) is 4.21. The smallest absolute Gasteiger partial charge is 0.262 e. The molecule has 1 N–H and O–H groups in total. The van der Waals surface area contributed by atoms with E-state index in [9.17, 15) is 4.79 Å². The standard InChI is InChI=1S/C21H21BrN2O2/c1-13(2)16-6-4-5-14(3)21(16)24-20(25)12-26-19-9-10-23-18-11-15(22)7-8-17(18)19/h4-11,13H,12H2,1-3H3,(H,24,25). The Kier molecular flexibility index (Phi) is 5.57. The second kappa shape index (κ2) is 7.87. The van der Waals surface area contributed by atoms with Gasteiger partial charge in [-0.3, -0.25) is 9.78 Å². The van der Waals surface area contributed by atoms with Gasteiger partial charge in [-0.1, -0.05) is 48.0 Å². The first kappa shape index (κ1) is 18.4. The number of aromatic nitrogens is 1. The molecule has 0 saturated carbocycles. The number of anilines is 1. The summed E-state index contributed by atoms with van der Waals surface area (Å²) >= 11 is 3.44. The van der Waals surface area contributed by atoms with Gasteiger partial charge in [0.25, 0.3) is 5.91 Å². The summed E-state index contributed by atoms with van der Waals surface area (Å²) in [5.74, 6) is 0.795. The zero-order valence-electron chi connectivity index (χ0n) is 15.0. The molecule has 0 aliphatic carbocycles. The molecule has 5 heteroatoms. The number of aryl methyl sites for hydroxylation is 1. The highest BCUT2D eigenvalue weighted by Gasteiger charge is 2.13. The zero-order valence-corrected chi connectivity index (χ0v) is 16.6. The molecule has 0 atom stereocenters. The maximum atomic E-state index is 12.4. The highest BCUT2D eigenvalue weighted by Crippen LogP contribution is 2.28. The topological polar surface area (TPSA) is 51.2 Å². The molecule has 0 bridgehead atoms. The zero-order chi connectivity index (χ0) is 18.7. The van der Waals surface area contributed by atoms with Gasteiger partial charge in [0.15, 0.2) is 6.61 Å². The van der Waals surface area contributed by atoms with Crippen LogP contribution >= 0.6 is 15.9 Å². The largest absolute Gasteiger partial charge is 0.483 e. The van der Waals surface area contributed by atoms with Crippen LogP contribution in [0.5, 0.6) is 5.75 Å². The van der Waals surface area contributed by atoms with Gasteiger partial charge in [0.05, 0.1) is 5.52 Å². The molecule has 0 fully saturated rings. The first-order valence-electron chi connectivity index (χ1n) is 8.52. The quantitative estimate of drug-likeness (QED) is 0.606. The van der Waals surface area contributed by atoms with Crippen LogP contribution in [0, 0.1) is 6.92 Å². The maximum Gasteiger partial charge on any atom is 0.262 e. The Morgan fingerprint density at radius 3 is 2.81 bits per heavy atom. The maximum absolute atomic E-state index is 12.4. The van der Waals surface area contributed by atoms with E-state index in [-0.39, 0.29) is 12.5 Å². The van der Waals surface area contributed by atoms with Gasteiger partial charge in [-0.15, -0.1) is 0 Å². The Morgan fingerprint density at radius 1 is 1.23 bits per heavy atom. The SMILES string of the molecule is Cc1cccc(C(C)C)c1NC(=O)COc1ccnc2cc(Br)ccc12. The predicted octanol–water partition coefficient (Wildman–Crippen LogP) is 5.45. The van der Waals surface area contributed by atoms with Crippen LogP contribution in [0.25, 0.3) is 10.9 Å². The molecule has 3 rings (SSSR count). The van der Waals surface area contributed by atoms with E-state index in [1.54, 1.807) is 12.3 Å².